The quantitative estimate of drug-likeness (QED) is 0.562. The molecule has 4 heteroatoms. The van der Waals surface area contributed by atoms with Crippen molar-refractivity contribution in [1.29, 1.82) is 0 Å². The molecule has 0 aromatic heterocycles. The molecule has 1 saturated carbocycles. The molecule has 24 heavy (non-hydrogen) atoms. The monoisotopic (exact) mass is 448 g/mol. The van der Waals surface area contributed by atoms with Crippen LogP contribution in [0.25, 0.3) is 0 Å². The molecule has 2 aromatic rings. The van der Waals surface area contributed by atoms with Crippen LogP contribution >= 0.6 is 31.9 Å². The molecule has 2 nitrogen and oxygen atoms in total. The highest BCUT2D eigenvalue weighted by Crippen LogP contribution is 2.67. The van der Waals surface area contributed by atoms with Gasteiger partial charge in [0, 0.05) is 25.5 Å². The Morgan fingerprint density at radius 2 is 1.25 bits per heavy atom. The summed E-state index contributed by atoms with van der Waals surface area (Å²) in [6, 6.07) is 7.51. The summed E-state index contributed by atoms with van der Waals surface area (Å²) in [5.41, 5.74) is 4.38. The molecule has 0 saturated heterocycles. The Hall–Kier alpha value is -1.00. The first kappa shape index (κ1) is 15.3. The van der Waals surface area contributed by atoms with Crippen LogP contribution in [-0.4, -0.2) is 10.2 Å². The van der Waals surface area contributed by atoms with E-state index in [1.807, 2.05) is 12.1 Å². The number of phenols is 2. The number of fused-ring (bicyclic) bond motifs is 2. The SMILES string of the molecule is Oc1ccc(Br)c2c1C13c4c(O)ccc(Br)c4C[C@@H]1CCC[C@H]3C2. The average molecular weight is 450 g/mol. The summed E-state index contributed by atoms with van der Waals surface area (Å²) in [6.45, 7) is 0. The summed E-state index contributed by atoms with van der Waals surface area (Å²) in [6.07, 6.45) is 5.50. The molecule has 5 rings (SSSR count). The van der Waals surface area contributed by atoms with Gasteiger partial charge in [0.25, 0.3) is 0 Å². The van der Waals surface area contributed by atoms with E-state index in [0.29, 0.717) is 23.3 Å². The predicted molar refractivity (Wildman–Crippen MR) is 101 cm³/mol. The van der Waals surface area contributed by atoms with Crippen molar-refractivity contribution >= 4 is 31.9 Å². The second-order valence-corrected chi connectivity index (χ2v) is 9.15. The second-order valence-electron chi connectivity index (χ2n) is 7.44. The van der Waals surface area contributed by atoms with Gasteiger partial charge >= 0.3 is 0 Å². The average Bonchev–Trinajstić information content (AvgIpc) is 3.10. The highest BCUT2D eigenvalue weighted by atomic mass is 79.9. The lowest BCUT2D eigenvalue weighted by atomic mass is 9.59. The predicted octanol–water partition coefficient (Wildman–Crippen LogP) is 5.44. The maximum atomic E-state index is 10.8. The molecule has 2 atom stereocenters. The van der Waals surface area contributed by atoms with Gasteiger partial charge in [-0.05, 0) is 72.9 Å². The zero-order chi connectivity index (χ0) is 16.6. The lowest BCUT2D eigenvalue weighted by Gasteiger charge is -2.43. The largest absolute Gasteiger partial charge is 0.508 e. The summed E-state index contributed by atoms with van der Waals surface area (Å²) in [4.78, 5) is 0. The minimum absolute atomic E-state index is 0.232. The number of rotatable bonds is 0. The van der Waals surface area contributed by atoms with E-state index in [-0.39, 0.29) is 5.41 Å². The van der Waals surface area contributed by atoms with Crippen molar-refractivity contribution < 1.29 is 10.2 Å². The normalized spacial score (nSPS) is 29.8. The molecule has 1 spiro atoms. The maximum absolute atomic E-state index is 10.8. The molecule has 0 radical (unpaired) electrons. The molecule has 0 unspecified atom stereocenters. The highest BCUT2D eigenvalue weighted by molar-refractivity contribution is 9.10. The van der Waals surface area contributed by atoms with Crippen molar-refractivity contribution in [2.24, 2.45) is 11.8 Å². The minimum atomic E-state index is -0.232. The van der Waals surface area contributed by atoms with E-state index in [2.05, 4.69) is 31.9 Å². The van der Waals surface area contributed by atoms with Gasteiger partial charge in [0.05, 0.1) is 0 Å². The summed E-state index contributed by atoms with van der Waals surface area (Å²) >= 11 is 7.40. The molecule has 0 heterocycles. The zero-order valence-electron chi connectivity index (χ0n) is 13.1. The zero-order valence-corrected chi connectivity index (χ0v) is 16.3. The summed E-state index contributed by atoms with van der Waals surface area (Å²) in [7, 11) is 0. The Labute approximate surface area is 158 Å². The van der Waals surface area contributed by atoms with Crippen LogP contribution in [0.3, 0.4) is 0 Å². The second kappa shape index (κ2) is 5.01. The standard InChI is InChI=1S/C20H18Br2O2/c21-14-4-6-16(23)18-12(14)8-10-2-1-3-11-9-13-15(22)5-7-17(24)19(13)20(10,11)18/h4-7,10-11,23-24H,1-3,8-9H2/t10-,11-,20?/m0/s1. The van der Waals surface area contributed by atoms with Crippen molar-refractivity contribution in [2.45, 2.75) is 37.5 Å². The van der Waals surface area contributed by atoms with Crippen molar-refractivity contribution in [3.8, 4) is 11.5 Å². The number of phenolic OH excluding ortho intramolecular Hbond substituents is 2. The van der Waals surface area contributed by atoms with Crippen LogP contribution in [-0.2, 0) is 18.3 Å². The lowest BCUT2D eigenvalue weighted by molar-refractivity contribution is 0.170. The Bertz CT molecular complexity index is 803. The number of benzene rings is 2. The fraction of sp³-hybridized carbons (Fsp3) is 0.400. The van der Waals surface area contributed by atoms with Gasteiger partial charge in [-0.2, -0.15) is 0 Å². The Kier molecular flexibility index (Phi) is 3.19. The first-order valence-corrected chi connectivity index (χ1v) is 10.1. The molecule has 1 fully saturated rings. The van der Waals surface area contributed by atoms with Crippen molar-refractivity contribution in [1.82, 2.24) is 0 Å². The van der Waals surface area contributed by atoms with Crippen molar-refractivity contribution in [3.63, 3.8) is 0 Å². The Balaban J connectivity index is 1.91. The van der Waals surface area contributed by atoms with Crippen molar-refractivity contribution in [2.75, 3.05) is 0 Å². The molecule has 0 amide bonds. The molecule has 2 N–H and O–H groups in total. The maximum Gasteiger partial charge on any atom is 0.120 e. The molecular formula is C20H18Br2O2. The smallest absolute Gasteiger partial charge is 0.120 e. The third-order valence-corrected chi connectivity index (χ3v) is 8.07. The number of hydrogen-bond donors (Lipinski definition) is 2. The molecule has 3 aliphatic carbocycles. The molecule has 0 bridgehead atoms. The molecular weight excluding hydrogens is 432 g/mol. The molecule has 124 valence electrons. The van der Waals surface area contributed by atoms with Gasteiger partial charge in [-0.3, -0.25) is 0 Å². The minimum Gasteiger partial charge on any atom is -0.508 e. The third kappa shape index (κ3) is 1.67. The molecule has 0 aliphatic heterocycles. The van der Waals surface area contributed by atoms with Gasteiger partial charge in [0.1, 0.15) is 11.5 Å². The van der Waals surface area contributed by atoms with Gasteiger partial charge in [-0.1, -0.05) is 38.3 Å². The first-order chi connectivity index (χ1) is 11.5. The van der Waals surface area contributed by atoms with E-state index in [1.165, 1.54) is 17.5 Å². The molecule has 2 aromatic carbocycles. The van der Waals surface area contributed by atoms with Crippen LogP contribution in [0, 0.1) is 11.8 Å². The van der Waals surface area contributed by atoms with E-state index in [9.17, 15) is 10.2 Å². The third-order valence-electron chi connectivity index (χ3n) is 6.59. The van der Waals surface area contributed by atoms with E-state index in [1.54, 1.807) is 12.1 Å². The summed E-state index contributed by atoms with van der Waals surface area (Å²) in [5, 5.41) is 21.6. The van der Waals surface area contributed by atoms with E-state index >= 15 is 0 Å². The number of hydrogen-bond acceptors (Lipinski definition) is 2. The van der Waals surface area contributed by atoms with Crippen LogP contribution in [0.15, 0.2) is 33.2 Å². The van der Waals surface area contributed by atoms with Gasteiger partial charge < -0.3 is 10.2 Å². The summed E-state index contributed by atoms with van der Waals surface area (Å²) < 4.78 is 2.17. The van der Waals surface area contributed by atoms with Crippen LogP contribution < -0.4 is 0 Å². The van der Waals surface area contributed by atoms with E-state index < -0.39 is 0 Å². The highest BCUT2D eigenvalue weighted by Gasteiger charge is 2.60. The fourth-order valence-corrected chi connectivity index (χ4v) is 6.89. The lowest BCUT2D eigenvalue weighted by Crippen LogP contribution is -2.41. The number of aromatic hydroxyl groups is 2. The van der Waals surface area contributed by atoms with Crippen molar-refractivity contribution in [3.05, 3.63) is 55.5 Å². The van der Waals surface area contributed by atoms with Crippen LogP contribution in [0.5, 0.6) is 11.5 Å². The Morgan fingerprint density at radius 1 is 0.792 bits per heavy atom. The topological polar surface area (TPSA) is 40.5 Å². The van der Waals surface area contributed by atoms with Crippen LogP contribution in [0.4, 0.5) is 0 Å². The first-order valence-electron chi connectivity index (χ1n) is 8.56. The fourth-order valence-electron chi connectivity index (χ4n) is 5.90. The molecule has 3 aliphatic rings. The van der Waals surface area contributed by atoms with Crippen LogP contribution in [0.2, 0.25) is 0 Å². The van der Waals surface area contributed by atoms with Gasteiger partial charge in [0.2, 0.25) is 0 Å². The van der Waals surface area contributed by atoms with Crippen LogP contribution in [0.1, 0.15) is 41.5 Å². The van der Waals surface area contributed by atoms with Gasteiger partial charge in [-0.15, -0.1) is 0 Å². The number of halogens is 2. The van der Waals surface area contributed by atoms with Gasteiger partial charge in [0.15, 0.2) is 0 Å². The van der Waals surface area contributed by atoms with E-state index in [4.69, 9.17) is 0 Å². The summed E-state index contributed by atoms with van der Waals surface area (Å²) in [5.74, 6) is 1.68. The van der Waals surface area contributed by atoms with E-state index in [0.717, 1.165) is 45.8 Å². The Morgan fingerprint density at radius 3 is 1.71 bits per heavy atom. The van der Waals surface area contributed by atoms with Gasteiger partial charge in [-0.25, -0.2) is 0 Å².